The van der Waals surface area contributed by atoms with Gasteiger partial charge in [0.2, 0.25) is 10.0 Å². The average Bonchev–Trinajstić information content (AvgIpc) is 3.05. The van der Waals surface area contributed by atoms with Gasteiger partial charge in [0.1, 0.15) is 11.5 Å². The van der Waals surface area contributed by atoms with Gasteiger partial charge in [-0.05, 0) is 98.2 Å². The Morgan fingerprint density at radius 1 is 1.10 bits per heavy atom. The molecule has 2 heterocycles. The van der Waals surface area contributed by atoms with Gasteiger partial charge in [0, 0.05) is 36.8 Å². The zero-order valence-corrected chi connectivity index (χ0v) is 31.0. The summed E-state index contributed by atoms with van der Waals surface area (Å²) in [6, 6.07) is 8.74. The first-order valence-electron chi connectivity index (χ1n) is 16.7. The van der Waals surface area contributed by atoms with E-state index in [9.17, 15) is 13.2 Å². The summed E-state index contributed by atoms with van der Waals surface area (Å²) in [5.41, 5.74) is 11.5. The van der Waals surface area contributed by atoms with Gasteiger partial charge in [-0.3, -0.25) is 14.5 Å². The van der Waals surface area contributed by atoms with Crippen molar-refractivity contribution in [3.63, 3.8) is 0 Å². The first kappa shape index (κ1) is 38.3. The smallest absolute Gasteiger partial charge is 0.255 e. The lowest BCUT2D eigenvalue weighted by Gasteiger charge is -2.32. The molecule has 2 aliphatic rings. The molecule has 2 aromatic carbocycles. The second-order valence-electron chi connectivity index (χ2n) is 13.7. The lowest BCUT2D eigenvalue weighted by atomic mass is 9.86. The van der Waals surface area contributed by atoms with E-state index in [0.717, 1.165) is 68.6 Å². The minimum absolute atomic E-state index is 0.195. The molecule has 12 nitrogen and oxygen atoms in total. The number of methoxy groups -OCH3 is 2. The van der Waals surface area contributed by atoms with Crippen LogP contribution in [0.1, 0.15) is 61.5 Å². The average molecular weight is 706 g/mol. The molecule has 0 spiro atoms. The fourth-order valence-corrected chi connectivity index (χ4v) is 6.43. The van der Waals surface area contributed by atoms with E-state index in [0.29, 0.717) is 40.1 Å². The van der Waals surface area contributed by atoms with Gasteiger partial charge in [-0.25, -0.2) is 13.4 Å². The maximum absolute atomic E-state index is 13.7. The van der Waals surface area contributed by atoms with Crippen molar-refractivity contribution in [3.8, 4) is 5.75 Å². The van der Waals surface area contributed by atoms with E-state index in [1.54, 1.807) is 31.4 Å². The zero-order valence-electron chi connectivity index (χ0n) is 30.2. The maximum Gasteiger partial charge on any atom is 0.255 e. The van der Waals surface area contributed by atoms with Gasteiger partial charge in [-0.2, -0.15) is 0 Å². The number of likely N-dealkylation sites (tertiary alicyclic amines) is 1. The third-order valence-electron chi connectivity index (χ3n) is 8.71. The van der Waals surface area contributed by atoms with Crippen molar-refractivity contribution < 1.29 is 22.7 Å². The van der Waals surface area contributed by atoms with Crippen LogP contribution in [-0.4, -0.2) is 77.4 Å². The molecule has 0 aromatic heterocycles. The number of piperidine rings is 1. The molecule has 0 aliphatic carbocycles. The predicted octanol–water partition coefficient (Wildman–Crippen LogP) is 5.81. The summed E-state index contributed by atoms with van der Waals surface area (Å²) in [6.07, 6.45) is 9.44. The fraction of sp³-hybridized carbons (Fsp3) is 0.432. The summed E-state index contributed by atoms with van der Waals surface area (Å²) in [5.74, 6) is 0.584. The number of ether oxygens (including phenoxy) is 2. The second kappa shape index (κ2) is 16.5. The Hall–Kier alpha value is -4.46. The van der Waals surface area contributed by atoms with E-state index in [2.05, 4.69) is 31.8 Å². The Labute approximate surface area is 296 Å². The molecule has 0 bridgehead atoms. The maximum atomic E-state index is 13.7. The molecule has 2 aromatic rings. The molecule has 0 radical (unpaired) electrons. The Kier molecular flexibility index (Phi) is 12.7. The van der Waals surface area contributed by atoms with Crippen molar-refractivity contribution in [2.24, 2.45) is 21.6 Å². The third-order valence-corrected chi connectivity index (χ3v) is 9.30. The Balaban J connectivity index is 1.59. The van der Waals surface area contributed by atoms with Crippen molar-refractivity contribution in [3.05, 3.63) is 83.5 Å². The molecule has 5 N–H and O–H groups in total. The highest BCUT2D eigenvalue weighted by molar-refractivity contribution is 7.92. The number of rotatable bonds is 13. The fourth-order valence-electron chi connectivity index (χ4n) is 5.88. The van der Waals surface area contributed by atoms with E-state index in [-0.39, 0.29) is 16.9 Å². The minimum atomic E-state index is -3.62. The molecular formula is C37H51N7O5S. The van der Waals surface area contributed by atoms with Crippen LogP contribution in [0.25, 0.3) is 0 Å². The molecule has 0 saturated carbocycles. The normalized spacial score (nSPS) is 17.7. The SMILES string of the molecule is C=C/N=C1/C=CC(CC2CCN(CCOC)CC2)=N/C1=C(/N)Nc1cc(C(=O)Nc2cc(C(C)(C)C)cc(NS(C)(=O)=O)c2OC)ccc1C. The van der Waals surface area contributed by atoms with Crippen molar-refractivity contribution in [1.29, 1.82) is 0 Å². The molecule has 13 heteroatoms. The number of nitrogens with one attached hydrogen (secondary N) is 3. The predicted molar refractivity (Wildman–Crippen MR) is 204 cm³/mol. The van der Waals surface area contributed by atoms with Gasteiger partial charge in [0.25, 0.3) is 5.91 Å². The molecule has 1 amide bonds. The lowest BCUT2D eigenvalue weighted by Crippen LogP contribution is -2.36. The lowest BCUT2D eigenvalue weighted by molar-refractivity contribution is 0.102. The molecule has 2 aliphatic heterocycles. The third kappa shape index (κ3) is 10.3. The summed E-state index contributed by atoms with van der Waals surface area (Å²) >= 11 is 0. The summed E-state index contributed by atoms with van der Waals surface area (Å²) in [6.45, 7) is 15.4. The number of aliphatic imine (C=N–C) groups is 2. The van der Waals surface area contributed by atoms with Crippen molar-refractivity contribution in [2.45, 2.75) is 52.4 Å². The van der Waals surface area contributed by atoms with Crippen LogP contribution in [0, 0.1) is 12.8 Å². The number of nitrogens with two attached hydrogens (primary N) is 1. The van der Waals surface area contributed by atoms with Gasteiger partial charge in [-0.15, -0.1) is 0 Å². The van der Waals surface area contributed by atoms with Gasteiger partial charge in [0.05, 0.1) is 37.1 Å². The highest BCUT2D eigenvalue weighted by Gasteiger charge is 2.24. The molecule has 1 fully saturated rings. The molecular weight excluding hydrogens is 655 g/mol. The van der Waals surface area contributed by atoms with Crippen LogP contribution in [0.15, 0.2) is 76.8 Å². The number of nitrogens with zero attached hydrogens (tertiary/aromatic N) is 3. The van der Waals surface area contributed by atoms with E-state index in [1.165, 1.54) is 13.3 Å². The standard InChI is InChI=1S/C37H51N7O5S/c1-9-39-29-13-12-28(20-25-14-16-44(17-15-25)18-19-48-6)40-33(29)35(38)41-30-21-26(11-10-24(30)2)36(45)42-31-22-27(37(3,4)5)23-32(34(31)49-7)43-50(8,46)47/h9-13,21-23,25,41,43H,1,14-20,38H2,2-8H3,(H,42,45)/b35-33-,39-29-. The minimum Gasteiger partial charge on any atom is -0.492 e. The first-order valence-corrected chi connectivity index (χ1v) is 18.6. The highest BCUT2D eigenvalue weighted by atomic mass is 32.2. The number of dihydropyridines is 1. The van der Waals surface area contributed by atoms with Crippen molar-refractivity contribution >= 4 is 44.4 Å². The quantitative estimate of drug-likeness (QED) is 0.203. The number of anilines is 3. The topological polar surface area (TPSA) is 160 Å². The Bertz CT molecular complexity index is 1820. The Morgan fingerprint density at radius 3 is 2.42 bits per heavy atom. The van der Waals surface area contributed by atoms with Crippen LogP contribution in [0.5, 0.6) is 5.75 Å². The second-order valence-corrected chi connectivity index (χ2v) is 15.5. The van der Waals surface area contributed by atoms with Gasteiger partial charge in [0.15, 0.2) is 5.75 Å². The summed E-state index contributed by atoms with van der Waals surface area (Å²) < 4.78 is 37.6. The van der Waals surface area contributed by atoms with Gasteiger partial charge < -0.3 is 30.7 Å². The van der Waals surface area contributed by atoms with Crippen LogP contribution in [-0.2, 0) is 20.2 Å². The molecule has 270 valence electrons. The zero-order chi connectivity index (χ0) is 36.6. The van der Waals surface area contributed by atoms with Crippen LogP contribution in [0.3, 0.4) is 0 Å². The number of allylic oxidation sites excluding steroid dienone is 2. The Morgan fingerprint density at radius 2 is 1.80 bits per heavy atom. The number of sulfonamides is 1. The van der Waals surface area contributed by atoms with Crippen LogP contribution < -0.4 is 25.8 Å². The summed E-state index contributed by atoms with van der Waals surface area (Å²) in [5, 5.41) is 6.19. The number of hydrogen-bond donors (Lipinski definition) is 4. The largest absolute Gasteiger partial charge is 0.492 e. The summed E-state index contributed by atoms with van der Waals surface area (Å²) in [4.78, 5) is 25.5. The molecule has 50 heavy (non-hydrogen) atoms. The summed E-state index contributed by atoms with van der Waals surface area (Å²) in [7, 11) is -0.471. The van der Waals surface area contributed by atoms with Crippen LogP contribution >= 0.6 is 0 Å². The molecule has 0 unspecified atom stereocenters. The van der Waals surface area contributed by atoms with Gasteiger partial charge in [-0.1, -0.05) is 33.4 Å². The van der Waals surface area contributed by atoms with Crippen molar-refractivity contribution in [2.75, 3.05) is 62.1 Å². The van der Waals surface area contributed by atoms with E-state index < -0.39 is 15.9 Å². The van der Waals surface area contributed by atoms with Gasteiger partial charge >= 0.3 is 0 Å². The number of aryl methyl sites for hydroxylation is 1. The number of carbonyl (C=O) groups is 1. The molecule has 4 rings (SSSR count). The number of benzene rings is 2. The van der Waals surface area contributed by atoms with Crippen LogP contribution in [0.2, 0.25) is 0 Å². The van der Waals surface area contributed by atoms with Crippen molar-refractivity contribution in [1.82, 2.24) is 4.90 Å². The van der Waals surface area contributed by atoms with E-state index in [1.807, 2.05) is 45.9 Å². The molecule has 1 saturated heterocycles. The van der Waals surface area contributed by atoms with Crippen LogP contribution in [0.4, 0.5) is 17.1 Å². The first-order chi connectivity index (χ1) is 23.6. The number of carbonyl (C=O) groups excluding carboxylic acids is 1. The monoisotopic (exact) mass is 705 g/mol. The highest BCUT2D eigenvalue weighted by Crippen LogP contribution is 2.39. The number of hydrogen-bond acceptors (Lipinski definition) is 10. The molecule has 0 atom stereocenters. The van der Waals surface area contributed by atoms with E-state index in [4.69, 9.17) is 20.2 Å². The number of amides is 1. The van der Waals surface area contributed by atoms with E-state index >= 15 is 0 Å².